The van der Waals surface area contributed by atoms with Crippen molar-refractivity contribution in [3.63, 3.8) is 0 Å². The van der Waals surface area contributed by atoms with Gasteiger partial charge in [0.05, 0.1) is 6.04 Å². The first-order valence-corrected chi connectivity index (χ1v) is 4.80. The first kappa shape index (κ1) is 10.3. The van der Waals surface area contributed by atoms with E-state index in [4.69, 9.17) is 4.74 Å². The number of rotatable bonds is 6. The maximum Gasteiger partial charge on any atom is 0.305 e. The van der Waals surface area contributed by atoms with Gasteiger partial charge in [-0.25, -0.2) is 0 Å². The fraction of sp³-hybridized carbons (Fsp3) is 0.700. The fourth-order valence-corrected chi connectivity index (χ4v) is 1.17. The second-order valence-corrected chi connectivity index (χ2v) is 3.27. The molecule has 0 spiro atoms. The molecule has 1 aliphatic heterocycles. The van der Waals surface area contributed by atoms with Gasteiger partial charge < -0.3 is 4.74 Å². The molecule has 0 aromatic carbocycles. The second kappa shape index (κ2) is 5.02. The van der Waals surface area contributed by atoms with Crippen LogP contribution in [0.2, 0.25) is 0 Å². The molecule has 3 heteroatoms. The maximum absolute atomic E-state index is 11.0. The minimum atomic E-state index is -0.101. The zero-order valence-electron chi connectivity index (χ0n) is 8.16. The Labute approximate surface area is 79.4 Å². The Morgan fingerprint density at radius 1 is 1.69 bits per heavy atom. The van der Waals surface area contributed by atoms with Crippen molar-refractivity contribution in [3.05, 3.63) is 12.7 Å². The van der Waals surface area contributed by atoms with Gasteiger partial charge in [0.25, 0.3) is 0 Å². The minimum Gasteiger partial charge on any atom is -0.464 e. The van der Waals surface area contributed by atoms with Crippen LogP contribution < -0.4 is 0 Å². The van der Waals surface area contributed by atoms with E-state index in [-0.39, 0.29) is 12.0 Å². The van der Waals surface area contributed by atoms with Gasteiger partial charge in [0.15, 0.2) is 0 Å². The van der Waals surface area contributed by atoms with Crippen LogP contribution in [0.1, 0.15) is 19.8 Å². The van der Waals surface area contributed by atoms with E-state index in [0.717, 1.165) is 19.5 Å². The van der Waals surface area contributed by atoms with Crippen molar-refractivity contribution in [2.75, 3.05) is 19.7 Å². The van der Waals surface area contributed by atoms with Gasteiger partial charge in [-0.2, -0.15) is 0 Å². The van der Waals surface area contributed by atoms with Crippen molar-refractivity contribution in [3.8, 4) is 0 Å². The Morgan fingerprint density at radius 3 is 2.85 bits per heavy atom. The summed E-state index contributed by atoms with van der Waals surface area (Å²) in [5, 5.41) is 0. The van der Waals surface area contributed by atoms with E-state index in [1.165, 1.54) is 0 Å². The lowest BCUT2D eigenvalue weighted by Crippen LogP contribution is -2.24. The lowest BCUT2D eigenvalue weighted by atomic mass is 10.3. The van der Waals surface area contributed by atoms with Gasteiger partial charge in [0.2, 0.25) is 0 Å². The molecule has 1 atom stereocenters. The molecule has 0 bridgehead atoms. The number of hydrogen-bond acceptors (Lipinski definition) is 3. The van der Waals surface area contributed by atoms with Gasteiger partial charge in [-0.1, -0.05) is 13.0 Å². The second-order valence-electron chi connectivity index (χ2n) is 3.27. The fourth-order valence-electron chi connectivity index (χ4n) is 1.17. The summed E-state index contributed by atoms with van der Waals surface area (Å²) in [4.78, 5) is 13.2. The maximum atomic E-state index is 11.0. The average molecular weight is 183 g/mol. The van der Waals surface area contributed by atoms with Crippen molar-refractivity contribution < 1.29 is 9.53 Å². The Hall–Kier alpha value is -0.830. The van der Waals surface area contributed by atoms with Crippen LogP contribution in [0, 0.1) is 0 Å². The lowest BCUT2D eigenvalue weighted by molar-refractivity contribution is -0.144. The number of carbonyl (C=O) groups is 1. The summed E-state index contributed by atoms with van der Waals surface area (Å²) in [7, 11) is 0. The van der Waals surface area contributed by atoms with Crippen molar-refractivity contribution in [1.29, 1.82) is 0 Å². The van der Waals surface area contributed by atoms with Crippen LogP contribution in [0.3, 0.4) is 0 Å². The third kappa shape index (κ3) is 3.59. The number of esters is 1. The molecule has 1 saturated heterocycles. The van der Waals surface area contributed by atoms with Gasteiger partial charge in [-0.3, -0.25) is 9.69 Å². The van der Waals surface area contributed by atoms with E-state index in [2.05, 4.69) is 11.5 Å². The van der Waals surface area contributed by atoms with Gasteiger partial charge in [-0.05, 0) is 6.42 Å². The van der Waals surface area contributed by atoms with Gasteiger partial charge in [0.1, 0.15) is 6.61 Å². The SMILES string of the molecule is C=CC(COC(=O)CCC)N1CC1. The summed E-state index contributed by atoms with van der Waals surface area (Å²) in [6, 6.07) is 0.223. The van der Waals surface area contributed by atoms with Gasteiger partial charge in [0, 0.05) is 19.5 Å². The summed E-state index contributed by atoms with van der Waals surface area (Å²) in [6.45, 7) is 8.34. The molecule has 74 valence electrons. The third-order valence-electron chi connectivity index (χ3n) is 2.09. The summed E-state index contributed by atoms with van der Waals surface area (Å²) < 4.78 is 5.08. The summed E-state index contributed by atoms with van der Waals surface area (Å²) >= 11 is 0. The molecule has 1 heterocycles. The van der Waals surface area contributed by atoms with Crippen LogP contribution in [0.4, 0.5) is 0 Å². The van der Waals surface area contributed by atoms with E-state index >= 15 is 0 Å². The Balaban J connectivity index is 2.15. The first-order valence-electron chi connectivity index (χ1n) is 4.80. The zero-order valence-corrected chi connectivity index (χ0v) is 8.16. The quantitative estimate of drug-likeness (QED) is 0.352. The largest absolute Gasteiger partial charge is 0.464 e. The van der Waals surface area contributed by atoms with E-state index in [1.54, 1.807) is 0 Å². The molecule has 0 amide bonds. The molecular formula is C10H17NO2. The summed E-state index contributed by atoms with van der Waals surface area (Å²) in [6.07, 6.45) is 3.21. The highest BCUT2D eigenvalue weighted by atomic mass is 16.5. The van der Waals surface area contributed by atoms with Crippen LogP contribution in [0.25, 0.3) is 0 Å². The van der Waals surface area contributed by atoms with E-state index in [1.807, 2.05) is 13.0 Å². The molecule has 1 aliphatic rings. The summed E-state index contributed by atoms with van der Waals surface area (Å²) in [5.41, 5.74) is 0. The van der Waals surface area contributed by atoms with Crippen molar-refractivity contribution in [1.82, 2.24) is 4.90 Å². The zero-order chi connectivity index (χ0) is 9.68. The lowest BCUT2D eigenvalue weighted by Gasteiger charge is -2.13. The molecule has 0 N–H and O–H groups in total. The molecule has 13 heavy (non-hydrogen) atoms. The van der Waals surface area contributed by atoms with E-state index < -0.39 is 0 Å². The number of hydrogen-bond donors (Lipinski definition) is 0. The monoisotopic (exact) mass is 183 g/mol. The molecule has 1 unspecified atom stereocenters. The Morgan fingerprint density at radius 2 is 2.38 bits per heavy atom. The van der Waals surface area contributed by atoms with Crippen LogP contribution in [-0.4, -0.2) is 36.6 Å². The number of nitrogens with zero attached hydrogens (tertiary/aromatic N) is 1. The molecule has 0 aliphatic carbocycles. The predicted octanol–water partition coefficient (Wildman–Crippen LogP) is 1.20. The van der Waals surface area contributed by atoms with Crippen molar-refractivity contribution >= 4 is 5.97 Å². The molecule has 1 rings (SSSR count). The third-order valence-corrected chi connectivity index (χ3v) is 2.09. The molecule has 0 saturated carbocycles. The number of carbonyl (C=O) groups excluding carboxylic acids is 1. The van der Waals surface area contributed by atoms with Gasteiger partial charge >= 0.3 is 5.97 Å². The van der Waals surface area contributed by atoms with Crippen LogP contribution in [0.15, 0.2) is 12.7 Å². The smallest absolute Gasteiger partial charge is 0.305 e. The van der Waals surface area contributed by atoms with Gasteiger partial charge in [-0.15, -0.1) is 6.58 Å². The molecule has 0 radical (unpaired) electrons. The van der Waals surface area contributed by atoms with E-state index in [9.17, 15) is 4.79 Å². The molecule has 0 aromatic heterocycles. The highest BCUT2D eigenvalue weighted by molar-refractivity contribution is 5.69. The van der Waals surface area contributed by atoms with Crippen molar-refractivity contribution in [2.45, 2.75) is 25.8 Å². The molecule has 0 aromatic rings. The molecule has 3 nitrogen and oxygen atoms in total. The molecule has 1 fully saturated rings. The Bertz CT molecular complexity index is 187. The summed E-state index contributed by atoms with van der Waals surface area (Å²) in [5.74, 6) is -0.101. The Kier molecular flexibility index (Phi) is 3.96. The highest BCUT2D eigenvalue weighted by Crippen LogP contribution is 2.11. The van der Waals surface area contributed by atoms with Crippen LogP contribution >= 0.6 is 0 Å². The standard InChI is InChI=1S/C10H17NO2/c1-3-5-10(12)13-8-9(4-2)11-6-7-11/h4,9H,2-3,5-8H2,1H3. The normalized spacial score (nSPS) is 17.9. The van der Waals surface area contributed by atoms with E-state index in [0.29, 0.717) is 13.0 Å². The predicted molar refractivity (Wildman–Crippen MR) is 51.4 cm³/mol. The number of ether oxygens (including phenoxy) is 1. The topological polar surface area (TPSA) is 29.3 Å². The first-order chi connectivity index (χ1) is 6.27. The highest BCUT2D eigenvalue weighted by Gasteiger charge is 2.25. The average Bonchev–Trinajstić information content (AvgIpc) is 2.90. The van der Waals surface area contributed by atoms with Crippen LogP contribution in [-0.2, 0) is 9.53 Å². The molecular weight excluding hydrogens is 166 g/mol. The van der Waals surface area contributed by atoms with Crippen molar-refractivity contribution in [2.24, 2.45) is 0 Å². The van der Waals surface area contributed by atoms with Crippen LogP contribution in [0.5, 0.6) is 0 Å². The minimum absolute atomic E-state index is 0.101.